The van der Waals surface area contributed by atoms with E-state index in [0.717, 1.165) is 60.8 Å². The van der Waals surface area contributed by atoms with Gasteiger partial charge in [-0.25, -0.2) is 19.9 Å². The van der Waals surface area contributed by atoms with E-state index in [4.69, 9.17) is 24.4 Å². The van der Waals surface area contributed by atoms with E-state index < -0.39 is 0 Å². The lowest BCUT2D eigenvalue weighted by molar-refractivity contribution is 0.620. The zero-order valence-electron chi connectivity index (χ0n) is 24.6. The van der Waals surface area contributed by atoms with Crippen LogP contribution in [0.1, 0.15) is 0 Å². The molecule has 9 aromatic rings. The van der Waals surface area contributed by atoms with Crippen molar-refractivity contribution in [1.82, 2.24) is 24.5 Å². The van der Waals surface area contributed by atoms with Crippen LogP contribution in [0.5, 0.6) is 0 Å². The van der Waals surface area contributed by atoms with Crippen LogP contribution in [0.4, 0.5) is 0 Å². The summed E-state index contributed by atoms with van der Waals surface area (Å²) in [6.07, 6.45) is 0. The number of rotatable bonds is 5. The van der Waals surface area contributed by atoms with Crippen LogP contribution in [-0.4, -0.2) is 24.5 Å². The molecule has 0 unspecified atom stereocenters. The molecule has 0 saturated heterocycles. The summed E-state index contributed by atoms with van der Waals surface area (Å²) in [7, 11) is 0. The highest BCUT2D eigenvalue weighted by Gasteiger charge is 2.20. The van der Waals surface area contributed by atoms with Crippen LogP contribution in [-0.2, 0) is 0 Å². The van der Waals surface area contributed by atoms with Crippen molar-refractivity contribution in [3.63, 3.8) is 0 Å². The molecule has 0 bridgehead atoms. The van der Waals surface area contributed by atoms with Crippen molar-refractivity contribution in [2.75, 3.05) is 0 Å². The SMILES string of the molecule is c1ccc(-c2nc(-c3ccccc3)nc(-c3cccc(-n4c5ccccc5c5cccc(-c6nc7ccccc7o6)c54)c3)n2)cc1. The molecule has 0 atom stereocenters. The number of nitrogens with zero attached hydrogens (tertiary/aromatic N) is 5. The number of oxazole rings is 1. The van der Waals surface area contributed by atoms with Crippen LogP contribution in [0.2, 0.25) is 0 Å². The number of aromatic nitrogens is 5. The van der Waals surface area contributed by atoms with Crippen molar-refractivity contribution in [1.29, 1.82) is 0 Å². The Bertz CT molecular complexity index is 2440. The van der Waals surface area contributed by atoms with E-state index in [2.05, 4.69) is 71.3 Å². The molecule has 0 aliphatic rings. The quantitative estimate of drug-likeness (QED) is 0.199. The summed E-state index contributed by atoms with van der Waals surface area (Å²) in [5.74, 6) is 2.45. The van der Waals surface area contributed by atoms with Crippen molar-refractivity contribution in [2.45, 2.75) is 0 Å². The van der Waals surface area contributed by atoms with Crippen LogP contribution in [0.3, 0.4) is 0 Å². The van der Waals surface area contributed by atoms with Gasteiger partial charge in [0.25, 0.3) is 0 Å². The summed E-state index contributed by atoms with van der Waals surface area (Å²) in [5, 5.41) is 2.28. The van der Waals surface area contributed by atoms with Gasteiger partial charge >= 0.3 is 0 Å². The Balaban J connectivity index is 1.27. The van der Waals surface area contributed by atoms with E-state index in [1.54, 1.807) is 0 Å². The van der Waals surface area contributed by atoms with Crippen LogP contribution in [0.15, 0.2) is 156 Å². The van der Waals surface area contributed by atoms with Gasteiger partial charge < -0.3 is 8.98 Å². The van der Waals surface area contributed by atoms with Crippen LogP contribution >= 0.6 is 0 Å². The molecule has 6 heteroatoms. The molecule has 0 N–H and O–H groups in total. The Morgan fingerprint density at radius 1 is 0.457 bits per heavy atom. The lowest BCUT2D eigenvalue weighted by Crippen LogP contribution is -2.01. The molecule has 0 aliphatic heterocycles. The number of benzene rings is 6. The summed E-state index contributed by atoms with van der Waals surface area (Å²) >= 11 is 0. The first-order chi connectivity index (χ1) is 22.8. The first-order valence-corrected chi connectivity index (χ1v) is 15.2. The lowest BCUT2D eigenvalue weighted by atomic mass is 10.1. The third kappa shape index (κ3) is 4.35. The maximum atomic E-state index is 6.30. The summed E-state index contributed by atoms with van der Waals surface area (Å²) < 4.78 is 8.59. The maximum Gasteiger partial charge on any atom is 0.229 e. The van der Waals surface area contributed by atoms with Crippen LogP contribution in [0, 0.1) is 0 Å². The fourth-order valence-electron chi connectivity index (χ4n) is 6.17. The number of fused-ring (bicyclic) bond motifs is 4. The van der Waals surface area contributed by atoms with Gasteiger partial charge in [-0.3, -0.25) is 0 Å². The largest absolute Gasteiger partial charge is 0.436 e. The second-order valence-corrected chi connectivity index (χ2v) is 11.1. The molecule has 0 saturated carbocycles. The van der Waals surface area contributed by atoms with Crippen molar-refractivity contribution < 1.29 is 4.42 Å². The summed E-state index contributed by atoms with van der Waals surface area (Å²) in [6, 6.07) is 51.1. The molecule has 0 fully saturated rings. The van der Waals surface area contributed by atoms with E-state index in [0.29, 0.717) is 23.4 Å². The second kappa shape index (κ2) is 10.6. The zero-order chi connectivity index (χ0) is 30.5. The number of hydrogen-bond donors (Lipinski definition) is 0. The molecular formula is C40H25N5O. The second-order valence-electron chi connectivity index (χ2n) is 11.1. The molecule has 216 valence electrons. The third-order valence-corrected chi connectivity index (χ3v) is 8.28. The highest BCUT2D eigenvalue weighted by molar-refractivity contribution is 6.13. The van der Waals surface area contributed by atoms with Gasteiger partial charge in [-0.2, -0.15) is 0 Å². The highest BCUT2D eigenvalue weighted by atomic mass is 16.3. The molecule has 0 spiro atoms. The average molecular weight is 592 g/mol. The molecule has 3 aromatic heterocycles. The zero-order valence-corrected chi connectivity index (χ0v) is 24.6. The monoisotopic (exact) mass is 591 g/mol. The highest BCUT2D eigenvalue weighted by Crippen LogP contribution is 2.39. The number of para-hydroxylation sites is 4. The first-order valence-electron chi connectivity index (χ1n) is 15.2. The lowest BCUT2D eigenvalue weighted by Gasteiger charge is -2.12. The maximum absolute atomic E-state index is 6.30. The molecule has 3 heterocycles. The van der Waals surface area contributed by atoms with Crippen molar-refractivity contribution >= 4 is 32.9 Å². The van der Waals surface area contributed by atoms with E-state index in [1.165, 1.54) is 0 Å². The minimum absolute atomic E-state index is 0.587. The first kappa shape index (κ1) is 26.0. The fourth-order valence-corrected chi connectivity index (χ4v) is 6.17. The Labute approximate surface area is 264 Å². The molecule has 0 amide bonds. The molecular weight excluding hydrogens is 566 g/mol. The standard InChI is InChI=1S/C40H25N5O/c1-3-13-26(14-4-1)37-42-38(27-15-5-2-6-16-27)44-39(43-37)28-17-11-18-29(25-28)45-34-23-9-7-19-30(34)31-20-12-21-32(36(31)45)40-41-33-22-8-10-24-35(33)46-40/h1-25H. The van der Waals surface area contributed by atoms with E-state index in [1.807, 2.05) is 84.9 Å². The average Bonchev–Trinajstić information content (AvgIpc) is 3.72. The van der Waals surface area contributed by atoms with Crippen molar-refractivity contribution in [3.8, 4) is 51.3 Å². The molecule has 0 radical (unpaired) electrons. The summed E-state index contributed by atoms with van der Waals surface area (Å²) in [4.78, 5) is 19.7. The van der Waals surface area contributed by atoms with Gasteiger partial charge in [-0.05, 0) is 36.4 Å². The van der Waals surface area contributed by atoms with Crippen molar-refractivity contribution in [2.24, 2.45) is 0 Å². The summed E-state index contributed by atoms with van der Waals surface area (Å²) in [6.45, 7) is 0. The van der Waals surface area contributed by atoms with Gasteiger partial charge in [0.15, 0.2) is 23.1 Å². The smallest absolute Gasteiger partial charge is 0.229 e. The Kier molecular flexibility index (Phi) is 6.03. The number of hydrogen-bond acceptors (Lipinski definition) is 5. The van der Waals surface area contributed by atoms with Gasteiger partial charge in [0, 0.05) is 33.2 Å². The van der Waals surface area contributed by atoms with Gasteiger partial charge in [0.2, 0.25) is 5.89 Å². The predicted octanol–water partition coefficient (Wildman–Crippen LogP) is 9.78. The van der Waals surface area contributed by atoms with E-state index >= 15 is 0 Å². The Morgan fingerprint density at radius 2 is 1.04 bits per heavy atom. The summed E-state index contributed by atoms with van der Waals surface area (Å²) in [5.41, 5.74) is 8.37. The Morgan fingerprint density at radius 3 is 1.78 bits per heavy atom. The minimum Gasteiger partial charge on any atom is -0.436 e. The van der Waals surface area contributed by atoms with Crippen LogP contribution in [0.25, 0.3) is 84.2 Å². The molecule has 6 aromatic carbocycles. The van der Waals surface area contributed by atoms with Crippen molar-refractivity contribution in [3.05, 3.63) is 152 Å². The fraction of sp³-hybridized carbons (Fsp3) is 0. The molecule has 9 rings (SSSR count). The normalized spacial score (nSPS) is 11.5. The molecule has 0 aliphatic carbocycles. The van der Waals surface area contributed by atoms with Gasteiger partial charge in [-0.1, -0.05) is 115 Å². The van der Waals surface area contributed by atoms with Gasteiger partial charge in [-0.15, -0.1) is 0 Å². The molecule has 6 nitrogen and oxygen atoms in total. The third-order valence-electron chi connectivity index (χ3n) is 8.28. The van der Waals surface area contributed by atoms with Gasteiger partial charge in [0.1, 0.15) is 5.52 Å². The topological polar surface area (TPSA) is 69.6 Å². The van der Waals surface area contributed by atoms with Gasteiger partial charge in [0.05, 0.1) is 16.6 Å². The predicted molar refractivity (Wildman–Crippen MR) is 183 cm³/mol. The molecule has 46 heavy (non-hydrogen) atoms. The van der Waals surface area contributed by atoms with E-state index in [-0.39, 0.29) is 0 Å². The minimum atomic E-state index is 0.587. The van der Waals surface area contributed by atoms with Crippen LogP contribution < -0.4 is 0 Å². The Hall–Kier alpha value is -6.40. The van der Waals surface area contributed by atoms with E-state index in [9.17, 15) is 0 Å².